The van der Waals surface area contributed by atoms with E-state index in [4.69, 9.17) is 0 Å². The molecule has 0 unspecified atom stereocenters. The van der Waals surface area contributed by atoms with E-state index in [1.54, 1.807) is 35.0 Å². The van der Waals surface area contributed by atoms with Crippen molar-refractivity contribution in [1.82, 2.24) is 24.4 Å². The number of aromatic amines is 1. The van der Waals surface area contributed by atoms with E-state index in [0.717, 1.165) is 34.5 Å². The topological polar surface area (TPSA) is 84.7 Å². The van der Waals surface area contributed by atoms with Crippen LogP contribution in [0, 0.1) is 6.92 Å². The van der Waals surface area contributed by atoms with Gasteiger partial charge in [0, 0.05) is 30.5 Å². The second-order valence-electron chi connectivity index (χ2n) is 7.98. The van der Waals surface area contributed by atoms with Gasteiger partial charge in [0.15, 0.2) is 0 Å². The molecule has 2 heterocycles. The number of fused-ring (bicyclic) bond motifs is 1. The highest BCUT2D eigenvalue weighted by Gasteiger charge is 2.09. The summed E-state index contributed by atoms with van der Waals surface area (Å²) in [5.41, 5.74) is 6.15. The molecule has 0 bridgehead atoms. The number of benzene rings is 3. The maximum Gasteiger partial charge on any atom is 0.330 e. The Morgan fingerprint density at radius 2 is 1.70 bits per heavy atom. The summed E-state index contributed by atoms with van der Waals surface area (Å²) in [6, 6.07) is 23.3. The number of carbonyl (C=O) groups excluding carboxylic acids is 1. The molecule has 5 aromatic rings. The molecule has 0 fully saturated rings. The van der Waals surface area contributed by atoms with E-state index in [1.807, 2.05) is 43.6 Å². The molecule has 0 aliphatic heterocycles. The fraction of sp³-hybridized carbons (Fsp3) is 0.115. The molecule has 0 saturated carbocycles. The van der Waals surface area contributed by atoms with Crippen molar-refractivity contribution in [3.8, 4) is 5.69 Å². The molecular formula is C26H23N5O2. The summed E-state index contributed by atoms with van der Waals surface area (Å²) in [7, 11) is 0. The fourth-order valence-corrected chi connectivity index (χ4v) is 3.92. The molecule has 0 aliphatic rings. The Kier molecular flexibility index (Phi) is 5.36. The Bertz CT molecular complexity index is 1470. The number of aromatic nitrogens is 4. The largest absolute Gasteiger partial charge is 0.348 e. The van der Waals surface area contributed by atoms with Gasteiger partial charge < -0.3 is 14.9 Å². The van der Waals surface area contributed by atoms with Crippen LogP contribution in [0.2, 0.25) is 0 Å². The molecule has 0 atom stereocenters. The third kappa shape index (κ3) is 4.21. The zero-order valence-corrected chi connectivity index (χ0v) is 18.2. The smallest absolute Gasteiger partial charge is 0.330 e. The number of hydrogen-bond donors (Lipinski definition) is 2. The molecule has 0 spiro atoms. The SMILES string of the molecule is Cc1c[nH]c(=O)n1-c1ccc(C(=O)NCc2ccc(Cn3cnc4ccccc43)cc2)cc1. The number of hydrogen-bond acceptors (Lipinski definition) is 3. The fourth-order valence-electron chi connectivity index (χ4n) is 3.92. The van der Waals surface area contributed by atoms with E-state index in [9.17, 15) is 9.59 Å². The minimum Gasteiger partial charge on any atom is -0.348 e. The number of nitrogens with one attached hydrogen (secondary N) is 2. The summed E-state index contributed by atoms with van der Waals surface area (Å²) >= 11 is 0. The number of amides is 1. The number of H-pyrrole nitrogens is 1. The van der Waals surface area contributed by atoms with E-state index >= 15 is 0 Å². The number of aryl methyl sites for hydroxylation is 1. The lowest BCUT2D eigenvalue weighted by molar-refractivity contribution is 0.0951. The number of nitrogens with zero attached hydrogens (tertiary/aromatic N) is 3. The van der Waals surface area contributed by atoms with E-state index in [1.165, 1.54) is 5.56 Å². The Morgan fingerprint density at radius 3 is 2.42 bits per heavy atom. The van der Waals surface area contributed by atoms with Crippen molar-refractivity contribution in [3.05, 3.63) is 118 Å². The minimum absolute atomic E-state index is 0.159. The van der Waals surface area contributed by atoms with Gasteiger partial charge in [0.05, 0.1) is 23.0 Å². The number of carbonyl (C=O) groups is 1. The van der Waals surface area contributed by atoms with Crippen molar-refractivity contribution >= 4 is 16.9 Å². The molecule has 0 radical (unpaired) electrons. The number of imidazole rings is 2. The number of rotatable bonds is 6. The third-order valence-electron chi connectivity index (χ3n) is 5.70. The summed E-state index contributed by atoms with van der Waals surface area (Å²) in [6.07, 6.45) is 3.52. The predicted molar refractivity (Wildman–Crippen MR) is 128 cm³/mol. The van der Waals surface area contributed by atoms with Gasteiger partial charge >= 0.3 is 5.69 Å². The zero-order chi connectivity index (χ0) is 22.8. The lowest BCUT2D eigenvalue weighted by Crippen LogP contribution is -2.23. The first-order valence-corrected chi connectivity index (χ1v) is 10.7. The van der Waals surface area contributed by atoms with Gasteiger partial charge in [-0.2, -0.15) is 0 Å². The van der Waals surface area contributed by atoms with Gasteiger partial charge in [-0.05, 0) is 54.4 Å². The van der Waals surface area contributed by atoms with Gasteiger partial charge in [0.25, 0.3) is 5.91 Å². The van der Waals surface area contributed by atoms with Crippen LogP contribution in [0.3, 0.4) is 0 Å². The van der Waals surface area contributed by atoms with Crippen molar-refractivity contribution in [2.75, 3.05) is 0 Å². The molecule has 5 rings (SSSR count). The van der Waals surface area contributed by atoms with Crippen LogP contribution in [0.25, 0.3) is 16.7 Å². The van der Waals surface area contributed by atoms with Gasteiger partial charge in [-0.15, -0.1) is 0 Å². The van der Waals surface area contributed by atoms with Crippen LogP contribution in [0.4, 0.5) is 0 Å². The first-order valence-electron chi connectivity index (χ1n) is 10.7. The van der Waals surface area contributed by atoms with E-state index in [2.05, 4.69) is 38.1 Å². The zero-order valence-electron chi connectivity index (χ0n) is 18.2. The van der Waals surface area contributed by atoms with Crippen molar-refractivity contribution in [2.45, 2.75) is 20.0 Å². The quantitative estimate of drug-likeness (QED) is 0.424. The van der Waals surface area contributed by atoms with E-state index < -0.39 is 0 Å². The highest BCUT2D eigenvalue weighted by molar-refractivity contribution is 5.94. The molecule has 3 aromatic carbocycles. The van der Waals surface area contributed by atoms with Gasteiger partial charge in [0.1, 0.15) is 0 Å². The summed E-state index contributed by atoms with van der Waals surface area (Å²) in [6.45, 7) is 3.02. The van der Waals surface area contributed by atoms with Gasteiger partial charge in [-0.25, -0.2) is 9.78 Å². The van der Waals surface area contributed by atoms with Crippen molar-refractivity contribution < 1.29 is 4.79 Å². The summed E-state index contributed by atoms with van der Waals surface area (Å²) in [5.74, 6) is -0.159. The molecule has 2 aromatic heterocycles. The van der Waals surface area contributed by atoms with Crippen LogP contribution < -0.4 is 11.0 Å². The first-order chi connectivity index (χ1) is 16.1. The van der Waals surface area contributed by atoms with Crippen molar-refractivity contribution in [1.29, 1.82) is 0 Å². The molecule has 0 aliphatic carbocycles. The summed E-state index contributed by atoms with van der Waals surface area (Å²) in [4.78, 5) is 31.6. The molecular weight excluding hydrogens is 414 g/mol. The van der Waals surface area contributed by atoms with Crippen LogP contribution in [0.5, 0.6) is 0 Å². The normalized spacial score (nSPS) is 11.1. The second kappa shape index (κ2) is 8.63. The average molecular weight is 438 g/mol. The lowest BCUT2D eigenvalue weighted by atomic mass is 10.1. The molecule has 1 amide bonds. The maximum atomic E-state index is 12.6. The number of para-hydroxylation sites is 2. The standard InChI is InChI=1S/C26H23N5O2/c1-18-14-28-26(33)31(18)22-12-10-21(11-13-22)25(32)27-15-19-6-8-20(9-7-19)16-30-17-29-23-4-2-3-5-24(23)30/h2-14,17H,15-16H2,1H3,(H,27,32)(H,28,33). The average Bonchev–Trinajstić information content (AvgIpc) is 3.41. The Balaban J connectivity index is 1.21. The molecule has 0 saturated heterocycles. The van der Waals surface area contributed by atoms with Crippen LogP contribution in [0.1, 0.15) is 27.2 Å². The molecule has 7 heteroatoms. The Labute approximate surface area is 190 Å². The predicted octanol–water partition coefficient (Wildman–Crippen LogP) is 3.80. The molecule has 2 N–H and O–H groups in total. The highest BCUT2D eigenvalue weighted by atomic mass is 16.2. The Morgan fingerprint density at radius 1 is 0.970 bits per heavy atom. The molecule has 7 nitrogen and oxygen atoms in total. The lowest BCUT2D eigenvalue weighted by Gasteiger charge is -2.09. The minimum atomic E-state index is -0.200. The summed E-state index contributed by atoms with van der Waals surface area (Å²) in [5, 5.41) is 2.95. The second-order valence-corrected chi connectivity index (χ2v) is 7.98. The van der Waals surface area contributed by atoms with Crippen molar-refractivity contribution in [3.63, 3.8) is 0 Å². The summed E-state index contributed by atoms with van der Waals surface area (Å²) < 4.78 is 3.69. The van der Waals surface area contributed by atoms with E-state index in [0.29, 0.717) is 12.1 Å². The van der Waals surface area contributed by atoms with Crippen LogP contribution in [-0.2, 0) is 13.1 Å². The van der Waals surface area contributed by atoms with Crippen molar-refractivity contribution in [2.24, 2.45) is 0 Å². The molecule has 33 heavy (non-hydrogen) atoms. The van der Waals surface area contributed by atoms with Gasteiger partial charge in [0.2, 0.25) is 0 Å². The van der Waals surface area contributed by atoms with Crippen LogP contribution in [0.15, 0.2) is 90.1 Å². The van der Waals surface area contributed by atoms with Crippen LogP contribution >= 0.6 is 0 Å². The Hall–Kier alpha value is -4.39. The van der Waals surface area contributed by atoms with Gasteiger partial charge in [-0.3, -0.25) is 9.36 Å². The van der Waals surface area contributed by atoms with Crippen LogP contribution in [-0.4, -0.2) is 25.0 Å². The van der Waals surface area contributed by atoms with Gasteiger partial charge in [-0.1, -0.05) is 36.4 Å². The molecule has 164 valence electrons. The highest BCUT2D eigenvalue weighted by Crippen LogP contribution is 2.15. The first kappa shape index (κ1) is 20.5. The maximum absolute atomic E-state index is 12.6. The third-order valence-corrected chi connectivity index (χ3v) is 5.70. The monoisotopic (exact) mass is 437 g/mol. The van der Waals surface area contributed by atoms with E-state index in [-0.39, 0.29) is 11.6 Å².